The van der Waals surface area contributed by atoms with Crippen LogP contribution in [0.15, 0.2) is 42.5 Å². The standard InChI is InChI=1S/C21H22FNO5/c1-25-18-4-2-3-15-13-27-21(28-20(15)18)9-11-23(12-10-21)19(24)14-26-17-7-5-16(22)6-8-17/h2-8H,9-14H2,1H3. The second kappa shape index (κ2) is 7.67. The van der Waals surface area contributed by atoms with Gasteiger partial charge in [0.2, 0.25) is 5.79 Å². The smallest absolute Gasteiger partial charge is 0.260 e. The third-order valence-electron chi connectivity index (χ3n) is 5.11. The number of amides is 1. The van der Waals surface area contributed by atoms with E-state index in [-0.39, 0.29) is 18.3 Å². The first-order valence-electron chi connectivity index (χ1n) is 9.23. The molecule has 0 bridgehead atoms. The maximum atomic E-state index is 12.9. The Morgan fingerprint density at radius 1 is 1.18 bits per heavy atom. The van der Waals surface area contributed by atoms with Crippen molar-refractivity contribution in [1.29, 1.82) is 0 Å². The molecule has 7 heteroatoms. The number of ether oxygens (including phenoxy) is 4. The van der Waals surface area contributed by atoms with Crippen LogP contribution in [0.2, 0.25) is 0 Å². The van der Waals surface area contributed by atoms with Crippen LogP contribution in [0.1, 0.15) is 18.4 Å². The highest BCUT2D eigenvalue weighted by molar-refractivity contribution is 5.77. The van der Waals surface area contributed by atoms with E-state index in [9.17, 15) is 9.18 Å². The molecular formula is C21H22FNO5. The molecule has 6 nitrogen and oxygen atoms in total. The fourth-order valence-corrected chi connectivity index (χ4v) is 3.49. The third-order valence-corrected chi connectivity index (χ3v) is 5.11. The second-order valence-corrected chi connectivity index (χ2v) is 6.87. The van der Waals surface area contributed by atoms with Gasteiger partial charge in [-0.1, -0.05) is 12.1 Å². The van der Waals surface area contributed by atoms with Crippen molar-refractivity contribution in [3.05, 3.63) is 53.8 Å². The topological polar surface area (TPSA) is 57.2 Å². The highest BCUT2D eigenvalue weighted by Crippen LogP contribution is 2.42. The van der Waals surface area contributed by atoms with Crippen molar-refractivity contribution in [2.45, 2.75) is 25.2 Å². The molecule has 2 heterocycles. The molecule has 0 atom stereocenters. The summed E-state index contributed by atoms with van der Waals surface area (Å²) in [5.41, 5.74) is 0.955. The summed E-state index contributed by atoms with van der Waals surface area (Å²) in [6.45, 7) is 1.39. The van der Waals surface area contributed by atoms with Gasteiger partial charge in [-0.2, -0.15) is 0 Å². The Morgan fingerprint density at radius 3 is 2.64 bits per heavy atom. The predicted octanol–water partition coefficient (Wildman–Crippen LogP) is 3.14. The third kappa shape index (κ3) is 3.75. The highest BCUT2D eigenvalue weighted by atomic mass is 19.1. The lowest BCUT2D eigenvalue weighted by Crippen LogP contribution is -2.53. The molecule has 0 unspecified atom stereocenters. The van der Waals surface area contributed by atoms with E-state index in [1.54, 1.807) is 12.0 Å². The number of methoxy groups -OCH3 is 1. The van der Waals surface area contributed by atoms with Crippen molar-refractivity contribution in [2.24, 2.45) is 0 Å². The molecular weight excluding hydrogens is 365 g/mol. The maximum absolute atomic E-state index is 12.9. The summed E-state index contributed by atoms with van der Waals surface area (Å²) < 4.78 is 36.0. The average molecular weight is 387 g/mol. The van der Waals surface area contributed by atoms with Crippen molar-refractivity contribution in [2.75, 3.05) is 26.8 Å². The van der Waals surface area contributed by atoms with Gasteiger partial charge in [-0.3, -0.25) is 4.79 Å². The molecule has 1 spiro atoms. The number of halogens is 1. The molecule has 0 aliphatic carbocycles. The number of para-hydroxylation sites is 1. The van der Waals surface area contributed by atoms with Gasteiger partial charge in [-0.05, 0) is 30.3 Å². The first-order chi connectivity index (χ1) is 13.6. The minimum Gasteiger partial charge on any atom is -0.493 e. The quantitative estimate of drug-likeness (QED) is 0.807. The van der Waals surface area contributed by atoms with Crippen LogP contribution in [-0.2, 0) is 16.1 Å². The highest BCUT2D eigenvalue weighted by Gasteiger charge is 2.42. The zero-order valence-corrected chi connectivity index (χ0v) is 15.7. The fourth-order valence-electron chi connectivity index (χ4n) is 3.49. The number of hydrogen-bond donors (Lipinski definition) is 0. The van der Waals surface area contributed by atoms with Crippen LogP contribution < -0.4 is 14.2 Å². The SMILES string of the molecule is COc1cccc2c1OC1(CCN(C(=O)COc3ccc(F)cc3)CC1)OC2. The van der Waals surface area contributed by atoms with Gasteiger partial charge in [0.15, 0.2) is 18.1 Å². The van der Waals surface area contributed by atoms with Crippen molar-refractivity contribution in [1.82, 2.24) is 4.90 Å². The molecule has 28 heavy (non-hydrogen) atoms. The predicted molar refractivity (Wildman–Crippen MR) is 98.9 cm³/mol. The molecule has 0 N–H and O–H groups in total. The number of likely N-dealkylation sites (tertiary alicyclic amines) is 1. The molecule has 0 radical (unpaired) electrons. The largest absolute Gasteiger partial charge is 0.493 e. The van der Waals surface area contributed by atoms with Gasteiger partial charge in [-0.25, -0.2) is 4.39 Å². The van der Waals surface area contributed by atoms with Crippen LogP contribution in [0.4, 0.5) is 4.39 Å². The van der Waals surface area contributed by atoms with Gasteiger partial charge >= 0.3 is 0 Å². The van der Waals surface area contributed by atoms with E-state index in [0.717, 1.165) is 11.3 Å². The number of fused-ring (bicyclic) bond motifs is 1. The number of hydrogen-bond acceptors (Lipinski definition) is 5. The fraction of sp³-hybridized carbons (Fsp3) is 0.381. The number of carbonyl (C=O) groups excluding carboxylic acids is 1. The summed E-state index contributed by atoms with van der Waals surface area (Å²) in [6.07, 6.45) is 1.12. The Hall–Kier alpha value is -2.80. The minimum atomic E-state index is -0.740. The van der Waals surface area contributed by atoms with Crippen molar-refractivity contribution in [3.8, 4) is 17.2 Å². The van der Waals surface area contributed by atoms with Crippen LogP contribution in [0.25, 0.3) is 0 Å². The van der Waals surface area contributed by atoms with Crippen LogP contribution in [-0.4, -0.2) is 43.4 Å². The lowest BCUT2D eigenvalue weighted by Gasteiger charge is -2.44. The maximum Gasteiger partial charge on any atom is 0.260 e. The number of carbonyl (C=O) groups is 1. The summed E-state index contributed by atoms with van der Waals surface area (Å²) in [5, 5.41) is 0. The first kappa shape index (κ1) is 18.6. The summed E-state index contributed by atoms with van der Waals surface area (Å²) in [6, 6.07) is 11.3. The van der Waals surface area contributed by atoms with E-state index in [1.165, 1.54) is 24.3 Å². The van der Waals surface area contributed by atoms with Crippen molar-refractivity contribution in [3.63, 3.8) is 0 Å². The van der Waals surface area contributed by atoms with E-state index in [2.05, 4.69) is 0 Å². The van der Waals surface area contributed by atoms with E-state index < -0.39 is 5.79 Å². The van der Waals surface area contributed by atoms with E-state index in [1.807, 2.05) is 18.2 Å². The molecule has 2 aliphatic rings. The molecule has 2 aliphatic heterocycles. The lowest BCUT2D eigenvalue weighted by molar-refractivity contribution is -0.228. The molecule has 148 valence electrons. The van der Waals surface area contributed by atoms with E-state index >= 15 is 0 Å². The Morgan fingerprint density at radius 2 is 1.93 bits per heavy atom. The van der Waals surface area contributed by atoms with Crippen molar-refractivity contribution >= 4 is 5.91 Å². The minimum absolute atomic E-state index is 0.0863. The van der Waals surface area contributed by atoms with E-state index in [0.29, 0.717) is 44.0 Å². The summed E-state index contributed by atoms with van der Waals surface area (Å²) in [7, 11) is 1.61. The monoisotopic (exact) mass is 387 g/mol. The number of piperidine rings is 1. The Balaban J connectivity index is 1.34. The molecule has 0 saturated carbocycles. The number of nitrogens with zero attached hydrogens (tertiary/aromatic N) is 1. The van der Waals surface area contributed by atoms with Crippen LogP contribution in [0.5, 0.6) is 17.2 Å². The van der Waals surface area contributed by atoms with Gasteiger partial charge in [0, 0.05) is 31.5 Å². The molecule has 2 aromatic carbocycles. The van der Waals surface area contributed by atoms with Gasteiger partial charge in [0.05, 0.1) is 13.7 Å². The number of benzene rings is 2. The van der Waals surface area contributed by atoms with Crippen LogP contribution >= 0.6 is 0 Å². The van der Waals surface area contributed by atoms with Gasteiger partial charge in [-0.15, -0.1) is 0 Å². The van der Waals surface area contributed by atoms with Gasteiger partial charge in [0.1, 0.15) is 11.6 Å². The average Bonchev–Trinajstić information content (AvgIpc) is 2.73. The Labute approximate surface area is 162 Å². The lowest BCUT2D eigenvalue weighted by atomic mass is 10.0. The molecule has 1 saturated heterocycles. The molecule has 1 amide bonds. The normalized spacial score (nSPS) is 17.6. The Bertz CT molecular complexity index is 832. The van der Waals surface area contributed by atoms with Crippen LogP contribution in [0, 0.1) is 5.82 Å². The molecule has 1 fully saturated rings. The summed E-state index contributed by atoms with van der Waals surface area (Å²) >= 11 is 0. The zero-order chi connectivity index (χ0) is 19.6. The van der Waals surface area contributed by atoms with Crippen molar-refractivity contribution < 1.29 is 28.1 Å². The summed E-state index contributed by atoms with van der Waals surface area (Å²) in [4.78, 5) is 14.2. The Kier molecular flexibility index (Phi) is 5.09. The second-order valence-electron chi connectivity index (χ2n) is 6.87. The molecule has 0 aromatic heterocycles. The van der Waals surface area contributed by atoms with E-state index in [4.69, 9.17) is 18.9 Å². The molecule has 2 aromatic rings. The number of rotatable bonds is 4. The van der Waals surface area contributed by atoms with Gasteiger partial charge in [0.25, 0.3) is 5.91 Å². The first-order valence-corrected chi connectivity index (χ1v) is 9.23. The zero-order valence-electron chi connectivity index (χ0n) is 15.7. The molecule has 4 rings (SSSR count). The van der Waals surface area contributed by atoms with Gasteiger partial charge < -0.3 is 23.8 Å². The summed E-state index contributed by atoms with van der Waals surface area (Å²) in [5.74, 6) is 0.669. The van der Waals surface area contributed by atoms with Crippen LogP contribution in [0.3, 0.4) is 0 Å².